The molecule has 3 unspecified atom stereocenters. The van der Waals surface area contributed by atoms with E-state index in [1.165, 1.54) is 0 Å². The van der Waals surface area contributed by atoms with E-state index in [0.717, 1.165) is 19.4 Å². The van der Waals surface area contributed by atoms with Crippen molar-refractivity contribution in [2.75, 3.05) is 18.9 Å². The van der Waals surface area contributed by atoms with Gasteiger partial charge in [-0.15, -0.1) is 0 Å². The number of sulfone groups is 1. The molecule has 0 saturated carbocycles. The number of ether oxygens (including phenoxy) is 1. The Morgan fingerprint density at radius 3 is 2.59 bits per heavy atom. The standard InChI is InChI=1S/C12H25NO3S/c1-4-7-13-11(5-2)9-17(14,15)12-6-8-16-10(12)3/h10-13H,4-9H2,1-3H3. The second-order valence-corrected chi connectivity index (χ2v) is 7.06. The van der Waals surface area contributed by atoms with Crippen LogP contribution >= 0.6 is 0 Å². The zero-order chi connectivity index (χ0) is 12.9. The van der Waals surface area contributed by atoms with Crippen LogP contribution in [0.1, 0.15) is 40.0 Å². The first-order valence-corrected chi connectivity index (χ1v) is 8.29. The van der Waals surface area contributed by atoms with Gasteiger partial charge in [0.1, 0.15) is 0 Å². The van der Waals surface area contributed by atoms with Gasteiger partial charge in [-0.05, 0) is 32.7 Å². The van der Waals surface area contributed by atoms with Crippen LogP contribution in [-0.2, 0) is 14.6 Å². The highest BCUT2D eigenvalue weighted by atomic mass is 32.2. The Morgan fingerprint density at radius 1 is 1.41 bits per heavy atom. The van der Waals surface area contributed by atoms with Gasteiger partial charge < -0.3 is 10.1 Å². The normalized spacial score (nSPS) is 27.2. The molecule has 1 saturated heterocycles. The summed E-state index contributed by atoms with van der Waals surface area (Å²) in [6, 6.07) is 0.0766. The molecule has 0 aromatic carbocycles. The van der Waals surface area contributed by atoms with Gasteiger partial charge in [0.15, 0.2) is 9.84 Å². The van der Waals surface area contributed by atoms with Gasteiger partial charge in [-0.25, -0.2) is 8.42 Å². The van der Waals surface area contributed by atoms with Crippen molar-refractivity contribution < 1.29 is 13.2 Å². The fourth-order valence-corrected chi connectivity index (χ4v) is 4.54. The maximum absolute atomic E-state index is 12.3. The second-order valence-electron chi connectivity index (χ2n) is 4.79. The van der Waals surface area contributed by atoms with Crippen LogP contribution in [0.25, 0.3) is 0 Å². The maximum atomic E-state index is 12.3. The maximum Gasteiger partial charge on any atom is 0.157 e. The number of hydrogen-bond donors (Lipinski definition) is 1. The van der Waals surface area contributed by atoms with Crippen LogP contribution in [0.2, 0.25) is 0 Å². The molecule has 0 bridgehead atoms. The predicted octanol–water partition coefficient (Wildman–Crippen LogP) is 1.36. The van der Waals surface area contributed by atoms with E-state index in [4.69, 9.17) is 4.74 Å². The molecule has 0 aliphatic carbocycles. The quantitative estimate of drug-likeness (QED) is 0.753. The Hall–Kier alpha value is -0.130. The number of rotatable bonds is 7. The summed E-state index contributed by atoms with van der Waals surface area (Å²) >= 11 is 0. The molecule has 0 amide bonds. The SMILES string of the molecule is CCCNC(CC)CS(=O)(=O)C1CCOC1C. The first kappa shape index (κ1) is 14.9. The lowest BCUT2D eigenvalue weighted by atomic mass is 10.2. The minimum Gasteiger partial charge on any atom is -0.377 e. The molecule has 1 N–H and O–H groups in total. The van der Waals surface area contributed by atoms with Gasteiger partial charge >= 0.3 is 0 Å². The Kier molecular flexibility index (Phi) is 5.89. The van der Waals surface area contributed by atoms with Crippen molar-refractivity contribution in [3.05, 3.63) is 0 Å². The zero-order valence-corrected chi connectivity index (χ0v) is 11.9. The van der Waals surface area contributed by atoms with Crippen molar-refractivity contribution in [2.24, 2.45) is 0 Å². The van der Waals surface area contributed by atoms with Crippen LogP contribution in [-0.4, -0.2) is 44.7 Å². The zero-order valence-electron chi connectivity index (χ0n) is 11.1. The first-order chi connectivity index (χ1) is 8.01. The molecule has 1 aliphatic heterocycles. The third-order valence-corrected chi connectivity index (χ3v) is 5.79. The lowest BCUT2D eigenvalue weighted by Crippen LogP contribution is -2.40. The Bertz CT molecular complexity index is 316. The molecule has 102 valence electrons. The molecule has 1 heterocycles. The summed E-state index contributed by atoms with van der Waals surface area (Å²) in [5.74, 6) is 0.238. The average Bonchev–Trinajstić information content (AvgIpc) is 2.71. The van der Waals surface area contributed by atoms with E-state index in [0.29, 0.717) is 13.0 Å². The fraction of sp³-hybridized carbons (Fsp3) is 1.00. The van der Waals surface area contributed by atoms with E-state index in [1.54, 1.807) is 0 Å². The number of nitrogens with one attached hydrogen (secondary N) is 1. The largest absolute Gasteiger partial charge is 0.377 e. The van der Waals surface area contributed by atoms with E-state index >= 15 is 0 Å². The highest BCUT2D eigenvalue weighted by Crippen LogP contribution is 2.22. The summed E-state index contributed by atoms with van der Waals surface area (Å²) in [5.41, 5.74) is 0. The smallest absolute Gasteiger partial charge is 0.157 e. The summed E-state index contributed by atoms with van der Waals surface area (Å²) < 4.78 is 29.9. The van der Waals surface area contributed by atoms with Gasteiger partial charge in [0.2, 0.25) is 0 Å². The molecule has 0 radical (unpaired) electrons. The van der Waals surface area contributed by atoms with Crippen molar-refractivity contribution in [1.29, 1.82) is 0 Å². The van der Waals surface area contributed by atoms with E-state index in [1.807, 2.05) is 13.8 Å². The van der Waals surface area contributed by atoms with Gasteiger partial charge in [0.05, 0.1) is 17.1 Å². The van der Waals surface area contributed by atoms with Gasteiger partial charge in [-0.1, -0.05) is 13.8 Å². The lowest BCUT2D eigenvalue weighted by Gasteiger charge is -2.21. The summed E-state index contributed by atoms with van der Waals surface area (Å²) in [6.07, 6.45) is 2.37. The monoisotopic (exact) mass is 263 g/mol. The molecule has 17 heavy (non-hydrogen) atoms. The van der Waals surface area contributed by atoms with Crippen LogP contribution < -0.4 is 5.32 Å². The topological polar surface area (TPSA) is 55.4 Å². The first-order valence-electron chi connectivity index (χ1n) is 6.57. The molecule has 1 fully saturated rings. The van der Waals surface area contributed by atoms with Crippen LogP contribution in [0.5, 0.6) is 0 Å². The molecule has 1 rings (SSSR count). The van der Waals surface area contributed by atoms with Gasteiger partial charge in [-0.2, -0.15) is 0 Å². The molecular weight excluding hydrogens is 238 g/mol. The van der Waals surface area contributed by atoms with Gasteiger partial charge in [-0.3, -0.25) is 0 Å². The highest BCUT2D eigenvalue weighted by Gasteiger charge is 2.36. The minimum absolute atomic E-state index is 0.0766. The third kappa shape index (κ3) is 4.23. The average molecular weight is 263 g/mol. The fourth-order valence-electron chi connectivity index (χ4n) is 2.26. The Morgan fingerprint density at radius 2 is 2.12 bits per heavy atom. The van der Waals surface area contributed by atoms with Crippen LogP contribution in [0.4, 0.5) is 0 Å². The third-order valence-electron chi connectivity index (χ3n) is 3.38. The van der Waals surface area contributed by atoms with E-state index < -0.39 is 9.84 Å². The van der Waals surface area contributed by atoms with Crippen LogP contribution in [0.3, 0.4) is 0 Å². The van der Waals surface area contributed by atoms with Gasteiger partial charge in [0.25, 0.3) is 0 Å². The molecule has 0 aromatic heterocycles. The lowest BCUT2D eigenvalue weighted by molar-refractivity contribution is 0.126. The van der Waals surface area contributed by atoms with Crippen LogP contribution in [0, 0.1) is 0 Å². The second kappa shape index (κ2) is 6.71. The summed E-state index contributed by atoms with van der Waals surface area (Å²) in [5, 5.41) is 2.99. The van der Waals surface area contributed by atoms with Crippen molar-refractivity contribution in [3.63, 3.8) is 0 Å². The number of hydrogen-bond acceptors (Lipinski definition) is 4. The van der Waals surface area contributed by atoms with Crippen molar-refractivity contribution in [2.45, 2.75) is 57.4 Å². The molecule has 1 aliphatic rings. The molecule has 0 aromatic rings. The predicted molar refractivity (Wildman–Crippen MR) is 70.0 cm³/mol. The summed E-state index contributed by atoms with van der Waals surface area (Å²) in [6.45, 7) is 7.42. The Labute approximate surface area is 105 Å². The molecule has 4 nitrogen and oxygen atoms in total. The summed E-state index contributed by atoms with van der Waals surface area (Å²) in [4.78, 5) is 0. The van der Waals surface area contributed by atoms with Crippen LogP contribution in [0.15, 0.2) is 0 Å². The molecule has 5 heteroatoms. The van der Waals surface area contributed by atoms with Crippen molar-refractivity contribution >= 4 is 9.84 Å². The molecule has 0 spiro atoms. The molecular formula is C12H25NO3S. The summed E-state index contributed by atoms with van der Waals surface area (Å²) in [7, 11) is -3.04. The van der Waals surface area contributed by atoms with Gasteiger partial charge in [0, 0.05) is 12.6 Å². The Balaban J connectivity index is 2.57. The van der Waals surface area contributed by atoms with E-state index in [2.05, 4.69) is 12.2 Å². The van der Waals surface area contributed by atoms with Crippen molar-refractivity contribution in [1.82, 2.24) is 5.32 Å². The minimum atomic E-state index is -3.04. The highest BCUT2D eigenvalue weighted by molar-refractivity contribution is 7.92. The molecule has 3 atom stereocenters. The van der Waals surface area contributed by atoms with E-state index in [9.17, 15) is 8.42 Å². The van der Waals surface area contributed by atoms with Crippen molar-refractivity contribution in [3.8, 4) is 0 Å². The van der Waals surface area contributed by atoms with E-state index in [-0.39, 0.29) is 23.1 Å².